The van der Waals surface area contributed by atoms with E-state index in [1.165, 1.54) is 0 Å². The largest absolute Gasteiger partial charge is 0.330 e. The molecule has 1 heterocycles. The molecular formula is C13H15IN2O. The Hall–Kier alpha value is -0.880. The summed E-state index contributed by atoms with van der Waals surface area (Å²) in [5.41, 5.74) is 5.54. The van der Waals surface area contributed by atoms with Crippen LogP contribution < -0.4 is 11.3 Å². The summed E-state index contributed by atoms with van der Waals surface area (Å²) in [4.78, 5) is 12.2. The first-order chi connectivity index (χ1) is 8.22. The Bertz CT molecular complexity index is 577. The Balaban J connectivity index is 2.37. The van der Waals surface area contributed by atoms with Gasteiger partial charge in [0.25, 0.3) is 5.56 Å². The Labute approximate surface area is 114 Å². The van der Waals surface area contributed by atoms with E-state index in [2.05, 4.69) is 22.6 Å². The third-order valence-corrected chi connectivity index (χ3v) is 3.46. The van der Waals surface area contributed by atoms with Gasteiger partial charge in [-0.05, 0) is 71.6 Å². The minimum absolute atomic E-state index is 0.0934. The van der Waals surface area contributed by atoms with Crippen molar-refractivity contribution >= 4 is 33.4 Å². The van der Waals surface area contributed by atoms with Crippen LogP contribution in [0.4, 0.5) is 0 Å². The second kappa shape index (κ2) is 5.64. The van der Waals surface area contributed by atoms with Crippen molar-refractivity contribution in [2.45, 2.75) is 19.4 Å². The molecule has 0 aliphatic rings. The number of nitrogens with zero attached hydrogens (tertiary/aromatic N) is 1. The van der Waals surface area contributed by atoms with Crippen molar-refractivity contribution in [3.63, 3.8) is 0 Å². The predicted molar refractivity (Wildman–Crippen MR) is 79.2 cm³/mol. The van der Waals surface area contributed by atoms with E-state index in [1.807, 2.05) is 30.5 Å². The lowest BCUT2D eigenvalue weighted by atomic mass is 10.2. The maximum Gasteiger partial charge on any atom is 0.258 e. The highest BCUT2D eigenvalue weighted by Gasteiger charge is 2.02. The lowest BCUT2D eigenvalue weighted by Crippen LogP contribution is -2.19. The van der Waals surface area contributed by atoms with Crippen LogP contribution in [0.15, 0.2) is 35.3 Å². The van der Waals surface area contributed by atoms with E-state index < -0.39 is 0 Å². The fourth-order valence-corrected chi connectivity index (χ4v) is 2.38. The standard InChI is InChI=1S/C13H15IN2O/c14-11-3-4-12-10(9-11)5-8-16(13(12)17)7-2-1-6-15/h3-5,8-9H,1-2,6-7,15H2. The number of unbranched alkanes of at least 4 members (excludes halogenated alkanes) is 1. The molecule has 0 aliphatic heterocycles. The second-order valence-corrected chi connectivity index (χ2v) is 5.29. The van der Waals surface area contributed by atoms with Gasteiger partial charge in [0, 0.05) is 21.7 Å². The van der Waals surface area contributed by atoms with E-state index in [-0.39, 0.29) is 5.56 Å². The van der Waals surface area contributed by atoms with Crippen LogP contribution in [0.25, 0.3) is 10.8 Å². The molecule has 17 heavy (non-hydrogen) atoms. The van der Waals surface area contributed by atoms with Crippen molar-refractivity contribution in [2.75, 3.05) is 6.54 Å². The van der Waals surface area contributed by atoms with Crippen molar-refractivity contribution in [1.29, 1.82) is 0 Å². The number of benzene rings is 1. The van der Waals surface area contributed by atoms with Gasteiger partial charge in [-0.3, -0.25) is 4.79 Å². The number of hydrogen-bond acceptors (Lipinski definition) is 2. The van der Waals surface area contributed by atoms with Gasteiger partial charge in [0.2, 0.25) is 0 Å². The maximum atomic E-state index is 12.2. The first-order valence-corrected chi connectivity index (χ1v) is 6.79. The first-order valence-electron chi connectivity index (χ1n) is 5.71. The van der Waals surface area contributed by atoms with Crippen LogP contribution in [0.3, 0.4) is 0 Å². The van der Waals surface area contributed by atoms with Crippen LogP contribution >= 0.6 is 22.6 Å². The predicted octanol–water partition coefficient (Wildman–Crippen LogP) is 2.35. The molecule has 3 nitrogen and oxygen atoms in total. The van der Waals surface area contributed by atoms with E-state index in [0.717, 1.165) is 33.7 Å². The van der Waals surface area contributed by atoms with Gasteiger partial charge in [-0.15, -0.1) is 0 Å². The highest BCUT2D eigenvalue weighted by molar-refractivity contribution is 14.1. The zero-order valence-electron chi connectivity index (χ0n) is 9.53. The minimum atomic E-state index is 0.0934. The molecule has 0 unspecified atom stereocenters. The van der Waals surface area contributed by atoms with Crippen molar-refractivity contribution in [1.82, 2.24) is 4.57 Å². The molecule has 0 aliphatic carbocycles. The Morgan fingerprint density at radius 3 is 2.82 bits per heavy atom. The molecule has 90 valence electrons. The zero-order valence-corrected chi connectivity index (χ0v) is 11.7. The third-order valence-electron chi connectivity index (χ3n) is 2.79. The van der Waals surface area contributed by atoms with Crippen LogP contribution in [0, 0.1) is 3.57 Å². The van der Waals surface area contributed by atoms with E-state index in [0.29, 0.717) is 6.54 Å². The van der Waals surface area contributed by atoms with E-state index in [4.69, 9.17) is 5.73 Å². The monoisotopic (exact) mass is 342 g/mol. The molecule has 2 aromatic rings. The molecule has 4 heteroatoms. The van der Waals surface area contributed by atoms with Crippen molar-refractivity contribution in [3.8, 4) is 0 Å². The fourth-order valence-electron chi connectivity index (χ4n) is 1.86. The zero-order chi connectivity index (χ0) is 12.3. The minimum Gasteiger partial charge on any atom is -0.330 e. The van der Waals surface area contributed by atoms with Crippen LogP contribution in [0.5, 0.6) is 0 Å². The van der Waals surface area contributed by atoms with Crippen molar-refractivity contribution < 1.29 is 0 Å². The summed E-state index contributed by atoms with van der Waals surface area (Å²) in [7, 11) is 0. The highest BCUT2D eigenvalue weighted by Crippen LogP contribution is 2.14. The summed E-state index contributed by atoms with van der Waals surface area (Å²) < 4.78 is 2.92. The van der Waals surface area contributed by atoms with Gasteiger partial charge in [0.05, 0.1) is 0 Å². The SMILES string of the molecule is NCCCCn1ccc2cc(I)ccc2c1=O. The van der Waals surface area contributed by atoms with Crippen LogP contribution in [0.1, 0.15) is 12.8 Å². The molecule has 2 N–H and O–H groups in total. The molecular weight excluding hydrogens is 327 g/mol. The number of nitrogens with two attached hydrogens (primary N) is 1. The highest BCUT2D eigenvalue weighted by atomic mass is 127. The molecule has 0 saturated carbocycles. The number of fused-ring (bicyclic) bond motifs is 1. The van der Waals surface area contributed by atoms with Gasteiger partial charge < -0.3 is 10.3 Å². The van der Waals surface area contributed by atoms with Gasteiger partial charge in [-0.2, -0.15) is 0 Å². The van der Waals surface area contributed by atoms with Crippen LogP contribution in [-0.4, -0.2) is 11.1 Å². The van der Waals surface area contributed by atoms with Gasteiger partial charge in [0.1, 0.15) is 0 Å². The Morgan fingerprint density at radius 2 is 2.06 bits per heavy atom. The third kappa shape index (κ3) is 2.87. The lowest BCUT2D eigenvalue weighted by molar-refractivity contribution is 0.602. The number of hydrogen-bond donors (Lipinski definition) is 1. The molecule has 0 atom stereocenters. The number of pyridine rings is 1. The normalized spacial score (nSPS) is 10.9. The molecule has 0 bridgehead atoms. The summed E-state index contributed by atoms with van der Waals surface area (Å²) in [6.45, 7) is 1.43. The molecule has 0 spiro atoms. The van der Waals surface area contributed by atoms with E-state index in [9.17, 15) is 4.79 Å². The molecule has 0 fully saturated rings. The first kappa shape index (κ1) is 12.6. The summed E-state index contributed by atoms with van der Waals surface area (Å²) in [5, 5.41) is 1.80. The summed E-state index contributed by atoms with van der Waals surface area (Å²) in [6, 6.07) is 7.90. The van der Waals surface area contributed by atoms with Crippen molar-refractivity contribution in [2.24, 2.45) is 5.73 Å². The molecule has 2 rings (SSSR count). The maximum absolute atomic E-state index is 12.2. The average molecular weight is 342 g/mol. The molecule has 0 radical (unpaired) electrons. The topological polar surface area (TPSA) is 48.0 Å². The summed E-state index contributed by atoms with van der Waals surface area (Å²) in [5.74, 6) is 0. The molecule has 0 saturated heterocycles. The number of rotatable bonds is 4. The van der Waals surface area contributed by atoms with E-state index >= 15 is 0 Å². The van der Waals surface area contributed by atoms with Gasteiger partial charge in [-0.1, -0.05) is 0 Å². The Morgan fingerprint density at radius 1 is 1.24 bits per heavy atom. The molecule has 1 aromatic carbocycles. The van der Waals surface area contributed by atoms with Gasteiger partial charge in [-0.25, -0.2) is 0 Å². The van der Waals surface area contributed by atoms with Crippen molar-refractivity contribution in [3.05, 3.63) is 44.4 Å². The number of aromatic nitrogens is 1. The average Bonchev–Trinajstić information content (AvgIpc) is 2.32. The second-order valence-electron chi connectivity index (χ2n) is 4.04. The number of halogens is 1. The van der Waals surface area contributed by atoms with Crippen LogP contribution in [0.2, 0.25) is 0 Å². The van der Waals surface area contributed by atoms with Gasteiger partial charge >= 0.3 is 0 Å². The van der Waals surface area contributed by atoms with Gasteiger partial charge in [0.15, 0.2) is 0 Å². The summed E-state index contributed by atoms with van der Waals surface area (Å²) >= 11 is 2.25. The van der Waals surface area contributed by atoms with E-state index in [1.54, 1.807) is 4.57 Å². The number of aryl methyl sites for hydroxylation is 1. The molecule has 1 aromatic heterocycles. The lowest BCUT2D eigenvalue weighted by Gasteiger charge is -2.06. The molecule has 0 amide bonds. The fraction of sp³-hybridized carbons (Fsp3) is 0.308. The van der Waals surface area contributed by atoms with Crippen LogP contribution in [-0.2, 0) is 6.54 Å². The summed E-state index contributed by atoms with van der Waals surface area (Å²) in [6.07, 6.45) is 3.78. The Kier molecular flexibility index (Phi) is 4.17. The smallest absolute Gasteiger partial charge is 0.258 e. The quantitative estimate of drug-likeness (QED) is 0.685.